The Kier molecular flexibility index (Phi) is 3.87. The summed E-state index contributed by atoms with van der Waals surface area (Å²) < 4.78 is 38.7. The first-order chi connectivity index (χ1) is 14.0. The third kappa shape index (κ3) is 2.66. The van der Waals surface area contributed by atoms with Crippen molar-refractivity contribution in [1.29, 1.82) is 0 Å². The average molecular weight is 417 g/mol. The van der Waals surface area contributed by atoms with E-state index >= 15 is 0 Å². The first kappa shape index (κ1) is 19.4. The van der Waals surface area contributed by atoms with Gasteiger partial charge in [-0.3, -0.25) is 9.69 Å². The lowest BCUT2D eigenvalue weighted by molar-refractivity contribution is -0.137. The van der Waals surface area contributed by atoms with Crippen molar-refractivity contribution >= 4 is 10.9 Å². The number of nitrogens with zero attached hydrogens (tertiary/aromatic N) is 1. The van der Waals surface area contributed by atoms with Gasteiger partial charge in [0.15, 0.2) is 0 Å². The second kappa shape index (κ2) is 5.98. The lowest BCUT2D eigenvalue weighted by atomic mass is 9.93. The lowest BCUT2D eigenvalue weighted by Crippen LogP contribution is -2.44. The van der Waals surface area contributed by atoms with E-state index in [2.05, 4.69) is 9.97 Å². The second-order valence-corrected chi connectivity index (χ2v) is 8.79. The van der Waals surface area contributed by atoms with Crippen molar-refractivity contribution in [2.45, 2.75) is 37.6 Å². The van der Waals surface area contributed by atoms with Crippen LogP contribution in [-0.2, 0) is 17.3 Å². The summed E-state index contributed by atoms with van der Waals surface area (Å²) in [7, 11) is 0. The number of fused-ring (bicyclic) bond motifs is 2. The molecule has 0 radical (unpaired) electrons. The standard InChI is InChI=1S/C22H22F3N3O2/c1-12-8-27-19(29)17-16(9-26-18(12)17)20(2,30)28-10-15-7-21(15,11-28)13-3-5-14(6-4-13)22(23,24)25/h3-6,8-9,15,26,30H,7,10-11H2,1-2H3,(H,27,29). The van der Waals surface area contributed by atoms with E-state index in [1.165, 1.54) is 0 Å². The number of aliphatic hydroxyl groups is 1. The molecular weight excluding hydrogens is 395 g/mol. The highest BCUT2D eigenvalue weighted by atomic mass is 19.4. The number of aromatic amines is 2. The van der Waals surface area contributed by atoms with Gasteiger partial charge in [-0.2, -0.15) is 13.2 Å². The van der Waals surface area contributed by atoms with Crippen LogP contribution in [0.2, 0.25) is 0 Å². The monoisotopic (exact) mass is 417 g/mol. The maximum Gasteiger partial charge on any atom is 0.416 e. The van der Waals surface area contributed by atoms with Crippen LogP contribution in [0, 0.1) is 12.8 Å². The van der Waals surface area contributed by atoms with Crippen molar-refractivity contribution in [2.75, 3.05) is 13.1 Å². The highest BCUT2D eigenvalue weighted by molar-refractivity contribution is 5.85. The molecule has 158 valence electrons. The molecule has 5 rings (SSSR count). The van der Waals surface area contributed by atoms with Crippen LogP contribution in [0.1, 0.15) is 35.6 Å². The molecule has 1 saturated heterocycles. The number of piperidine rings is 1. The molecule has 1 saturated carbocycles. The molecule has 2 fully saturated rings. The zero-order valence-electron chi connectivity index (χ0n) is 16.6. The predicted octanol–water partition coefficient (Wildman–Crippen LogP) is 3.62. The van der Waals surface area contributed by atoms with Crippen molar-refractivity contribution in [3.8, 4) is 0 Å². The Morgan fingerprint density at radius 3 is 2.53 bits per heavy atom. The summed E-state index contributed by atoms with van der Waals surface area (Å²) in [5.74, 6) is 0.269. The molecular formula is C22H22F3N3O2. The van der Waals surface area contributed by atoms with Gasteiger partial charge in [-0.25, -0.2) is 0 Å². The molecule has 2 aliphatic rings. The Bertz CT molecular complexity index is 1190. The van der Waals surface area contributed by atoms with Gasteiger partial charge < -0.3 is 15.1 Å². The average Bonchev–Trinajstić information content (AvgIpc) is 3.06. The van der Waals surface area contributed by atoms with Crippen LogP contribution >= 0.6 is 0 Å². The van der Waals surface area contributed by atoms with E-state index in [0.717, 1.165) is 29.7 Å². The van der Waals surface area contributed by atoms with Crippen molar-refractivity contribution in [2.24, 2.45) is 5.92 Å². The Morgan fingerprint density at radius 2 is 1.87 bits per heavy atom. The molecule has 0 amide bonds. The van der Waals surface area contributed by atoms with E-state index in [1.807, 2.05) is 11.8 Å². The lowest BCUT2D eigenvalue weighted by Gasteiger charge is -2.35. The number of alkyl halides is 3. The largest absolute Gasteiger partial charge is 0.416 e. The fourth-order valence-electron chi connectivity index (χ4n) is 5.08. The summed E-state index contributed by atoms with van der Waals surface area (Å²) in [4.78, 5) is 20.2. The molecule has 3 N–H and O–H groups in total. The van der Waals surface area contributed by atoms with Crippen molar-refractivity contribution in [1.82, 2.24) is 14.9 Å². The van der Waals surface area contributed by atoms with Gasteiger partial charge in [-0.15, -0.1) is 0 Å². The van der Waals surface area contributed by atoms with Crippen LogP contribution in [0.15, 0.2) is 41.5 Å². The van der Waals surface area contributed by atoms with Crippen molar-refractivity contribution in [3.63, 3.8) is 0 Å². The van der Waals surface area contributed by atoms with Crippen molar-refractivity contribution < 1.29 is 18.3 Å². The van der Waals surface area contributed by atoms with Gasteiger partial charge in [-0.1, -0.05) is 12.1 Å². The summed E-state index contributed by atoms with van der Waals surface area (Å²) in [5.41, 5.74) is 0.378. The number of aromatic nitrogens is 2. The van der Waals surface area contributed by atoms with Crippen LogP contribution < -0.4 is 5.56 Å². The maximum absolute atomic E-state index is 12.9. The maximum atomic E-state index is 12.9. The predicted molar refractivity (Wildman–Crippen MR) is 106 cm³/mol. The topological polar surface area (TPSA) is 72.1 Å². The van der Waals surface area contributed by atoms with Gasteiger partial charge in [0.05, 0.1) is 16.5 Å². The highest BCUT2D eigenvalue weighted by Gasteiger charge is 2.63. The molecule has 3 heterocycles. The van der Waals surface area contributed by atoms with E-state index in [4.69, 9.17) is 0 Å². The van der Waals surface area contributed by atoms with Gasteiger partial charge in [0.1, 0.15) is 5.72 Å². The molecule has 8 heteroatoms. The summed E-state index contributed by atoms with van der Waals surface area (Å²) >= 11 is 0. The number of nitrogens with one attached hydrogen (secondary N) is 2. The first-order valence-electron chi connectivity index (χ1n) is 9.89. The Morgan fingerprint density at radius 1 is 1.17 bits per heavy atom. The van der Waals surface area contributed by atoms with Crippen LogP contribution in [0.25, 0.3) is 10.9 Å². The van der Waals surface area contributed by atoms with Crippen LogP contribution in [0.4, 0.5) is 13.2 Å². The molecule has 0 bridgehead atoms. The summed E-state index contributed by atoms with van der Waals surface area (Å²) in [6.45, 7) is 4.68. The number of likely N-dealkylation sites (tertiary alicyclic amines) is 1. The SMILES string of the molecule is Cc1c[nH]c(=O)c2c(C(C)(O)N3CC4CC4(c4ccc(C(F)(F)F)cc4)C3)c[nH]c12. The molecule has 5 nitrogen and oxygen atoms in total. The van der Waals surface area contributed by atoms with E-state index in [1.54, 1.807) is 31.5 Å². The first-order valence-corrected chi connectivity index (χ1v) is 9.89. The molecule has 1 aromatic carbocycles. The van der Waals surface area contributed by atoms with E-state index in [0.29, 0.717) is 29.6 Å². The molecule has 3 aromatic rings. The molecule has 0 spiro atoms. The smallest absolute Gasteiger partial charge is 0.372 e. The van der Waals surface area contributed by atoms with Gasteiger partial charge in [-0.05, 0) is 49.4 Å². The van der Waals surface area contributed by atoms with E-state index in [-0.39, 0.29) is 16.9 Å². The van der Waals surface area contributed by atoms with Crippen LogP contribution in [-0.4, -0.2) is 33.1 Å². The normalized spacial score (nSPS) is 26.0. The molecule has 1 aliphatic heterocycles. The highest BCUT2D eigenvalue weighted by Crippen LogP contribution is 2.60. The van der Waals surface area contributed by atoms with Gasteiger partial charge in [0.25, 0.3) is 5.56 Å². The number of benzene rings is 1. The summed E-state index contributed by atoms with van der Waals surface area (Å²) in [5, 5.41) is 11.9. The zero-order valence-corrected chi connectivity index (χ0v) is 16.6. The number of rotatable bonds is 3. The number of hydrogen-bond donors (Lipinski definition) is 3. The number of pyridine rings is 1. The fourth-order valence-corrected chi connectivity index (χ4v) is 5.08. The number of hydrogen-bond acceptors (Lipinski definition) is 3. The van der Waals surface area contributed by atoms with Gasteiger partial charge in [0.2, 0.25) is 0 Å². The summed E-state index contributed by atoms with van der Waals surface area (Å²) in [6, 6.07) is 5.37. The molecule has 3 unspecified atom stereocenters. The van der Waals surface area contributed by atoms with Gasteiger partial charge in [0, 0.05) is 36.5 Å². The Balaban J connectivity index is 1.46. The minimum Gasteiger partial charge on any atom is -0.372 e. The Hall–Kier alpha value is -2.58. The zero-order chi connectivity index (χ0) is 21.5. The Labute approximate surface area is 170 Å². The molecule has 1 aliphatic carbocycles. The summed E-state index contributed by atoms with van der Waals surface area (Å²) in [6.07, 6.45) is -0.171. The number of aryl methyl sites for hydroxylation is 1. The van der Waals surface area contributed by atoms with Gasteiger partial charge >= 0.3 is 6.18 Å². The molecule has 30 heavy (non-hydrogen) atoms. The number of halogens is 3. The quantitative estimate of drug-likeness (QED) is 0.610. The van der Waals surface area contributed by atoms with Crippen LogP contribution in [0.3, 0.4) is 0 Å². The third-order valence-corrected chi connectivity index (χ3v) is 6.98. The van der Waals surface area contributed by atoms with Crippen molar-refractivity contribution in [3.05, 3.63) is 69.3 Å². The minimum atomic E-state index is -4.36. The third-order valence-electron chi connectivity index (χ3n) is 6.98. The van der Waals surface area contributed by atoms with E-state index < -0.39 is 17.5 Å². The van der Waals surface area contributed by atoms with E-state index in [9.17, 15) is 23.1 Å². The fraction of sp³-hybridized carbons (Fsp3) is 0.409. The molecule has 3 atom stereocenters. The number of H-pyrrole nitrogens is 2. The second-order valence-electron chi connectivity index (χ2n) is 8.79. The molecule has 2 aromatic heterocycles. The minimum absolute atomic E-state index is 0.247. The van der Waals surface area contributed by atoms with Crippen LogP contribution in [0.5, 0.6) is 0 Å².